The summed E-state index contributed by atoms with van der Waals surface area (Å²) in [6.45, 7) is 6.83. The number of benzene rings is 6. The van der Waals surface area contributed by atoms with Crippen LogP contribution < -0.4 is 21.3 Å². The fourth-order valence-electron chi connectivity index (χ4n) is 7.38. The minimum Gasteiger partial charge on any atom is -0.311 e. The maximum atomic E-state index is 2.51. The number of aryl methyl sites for hydroxylation is 3. The second-order valence-electron chi connectivity index (χ2n) is 12.0. The van der Waals surface area contributed by atoms with E-state index in [1.165, 1.54) is 92.6 Å². The molecule has 0 unspecified atom stereocenters. The molecule has 0 saturated heterocycles. The van der Waals surface area contributed by atoms with Gasteiger partial charge in [-0.2, -0.15) is 0 Å². The molecule has 0 spiro atoms. The zero-order valence-electron chi connectivity index (χ0n) is 23.9. The van der Waals surface area contributed by atoms with Crippen LogP contribution >= 0.6 is 11.3 Å². The van der Waals surface area contributed by atoms with Crippen molar-refractivity contribution in [3.63, 3.8) is 0 Å². The highest BCUT2D eigenvalue weighted by molar-refractivity contribution is 7.26. The summed E-state index contributed by atoms with van der Waals surface area (Å²) in [5.74, 6) is 0. The zero-order chi connectivity index (χ0) is 28.1. The molecule has 2 aliphatic heterocycles. The Balaban J connectivity index is 1.41. The van der Waals surface area contributed by atoms with Gasteiger partial charge in [-0.05, 0) is 96.4 Å². The van der Waals surface area contributed by atoms with E-state index in [0.717, 1.165) is 0 Å². The lowest BCUT2D eigenvalue weighted by Gasteiger charge is -2.36. The molecule has 9 rings (SSSR count). The molecule has 0 aliphatic carbocycles. The first kappa shape index (κ1) is 24.0. The number of anilines is 3. The highest BCUT2D eigenvalue weighted by Crippen LogP contribution is 2.45. The van der Waals surface area contributed by atoms with Gasteiger partial charge in [0.2, 0.25) is 6.71 Å². The molecule has 0 atom stereocenters. The molecule has 0 amide bonds. The molecule has 1 aromatic heterocycles. The molecular formula is C39H28BNS. The largest absolute Gasteiger partial charge is 0.311 e. The standard InChI is InChI=1S/C39H28BNS/c1-23-11-15-27(16-12-23)41-34-18-14-25(3)20-33(34)40-32-19-24(2)13-17-29(32)31-21-26(22-35(41)39(31)40)28-8-6-10-37-38(28)30-7-4-5-9-36(30)42-37/h4-22H,1-3H3. The van der Waals surface area contributed by atoms with Crippen molar-refractivity contribution in [2.24, 2.45) is 0 Å². The molecule has 6 aromatic carbocycles. The van der Waals surface area contributed by atoms with Crippen molar-refractivity contribution in [3.05, 3.63) is 132 Å². The van der Waals surface area contributed by atoms with E-state index < -0.39 is 0 Å². The van der Waals surface area contributed by atoms with Crippen molar-refractivity contribution in [3.8, 4) is 22.3 Å². The van der Waals surface area contributed by atoms with Crippen molar-refractivity contribution in [2.75, 3.05) is 4.90 Å². The van der Waals surface area contributed by atoms with E-state index in [9.17, 15) is 0 Å². The van der Waals surface area contributed by atoms with Gasteiger partial charge in [-0.1, -0.05) is 94.9 Å². The SMILES string of the molecule is Cc1ccc(N2c3ccc(C)cc3B3c4cc(C)ccc4-c4cc(-c5cccc6sc7ccccc7c56)cc2c43)cc1. The molecule has 1 nitrogen and oxygen atoms in total. The van der Waals surface area contributed by atoms with E-state index in [1.54, 1.807) is 0 Å². The van der Waals surface area contributed by atoms with E-state index >= 15 is 0 Å². The van der Waals surface area contributed by atoms with Gasteiger partial charge in [-0.3, -0.25) is 0 Å². The summed E-state index contributed by atoms with van der Waals surface area (Å²) in [4.78, 5) is 2.51. The summed E-state index contributed by atoms with van der Waals surface area (Å²) in [5.41, 5.74) is 17.2. The topological polar surface area (TPSA) is 3.24 Å². The smallest absolute Gasteiger partial charge is 0.248 e. The zero-order valence-corrected chi connectivity index (χ0v) is 24.7. The average Bonchev–Trinajstić information content (AvgIpc) is 3.54. The minimum atomic E-state index is 0.230. The molecule has 3 heteroatoms. The predicted molar refractivity (Wildman–Crippen MR) is 184 cm³/mol. The summed E-state index contributed by atoms with van der Waals surface area (Å²) in [7, 11) is 0. The van der Waals surface area contributed by atoms with Crippen molar-refractivity contribution in [1.82, 2.24) is 0 Å². The van der Waals surface area contributed by atoms with Gasteiger partial charge in [0.1, 0.15) is 0 Å². The Morgan fingerprint density at radius 1 is 0.548 bits per heavy atom. The lowest BCUT2D eigenvalue weighted by molar-refractivity contribution is 1.28. The summed E-state index contributed by atoms with van der Waals surface area (Å²) in [6.07, 6.45) is 0. The minimum absolute atomic E-state index is 0.230. The molecule has 2 aliphatic rings. The molecular weight excluding hydrogens is 525 g/mol. The fraction of sp³-hybridized carbons (Fsp3) is 0.0769. The number of hydrogen-bond acceptors (Lipinski definition) is 2. The molecule has 7 aromatic rings. The summed E-state index contributed by atoms with van der Waals surface area (Å²) >= 11 is 1.89. The maximum Gasteiger partial charge on any atom is 0.248 e. The van der Waals surface area contributed by atoms with Gasteiger partial charge in [0.25, 0.3) is 0 Å². The monoisotopic (exact) mass is 553 g/mol. The van der Waals surface area contributed by atoms with Gasteiger partial charge in [0, 0.05) is 37.2 Å². The van der Waals surface area contributed by atoms with Gasteiger partial charge >= 0.3 is 0 Å². The first-order chi connectivity index (χ1) is 20.5. The van der Waals surface area contributed by atoms with Crippen LogP contribution in [0.1, 0.15) is 16.7 Å². The average molecular weight is 554 g/mol. The third-order valence-corrected chi connectivity index (χ3v) is 10.4. The fourth-order valence-corrected chi connectivity index (χ4v) is 8.51. The van der Waals surface area contributed by atoms with Gasteiger partial charge in [-0.15, -0.1) is 11.3 Å². The lowest BCUT2D eigenvalue weighted by Crippen LogP contribution is -2.54. The Hall–Kier alpha value is -4.60. The van der Waals surface area contributed by atoms with Crippen LogP contribution in [0.2, 0.25) is 0 Å². The Labute approximate surface area is 250 Å². The Morgan fingerprint density at radius 3 is 2.14 bits per heavy atom. The Kier molecular flexibility index (Phi) is 4.98. The van der Waals surface area contributed by atoms with Crippen LogP contribution in [0.4, 0.5) is 17.1 Å². The lowest BCUT2D eigenvalue weighted by atomic mass is 9.37. The maximum absolute atomic E-state index is 2.51. The molecule has 0 radical (unpaired) electrons. The third kappa shape index (κ3) is 3.32. The molecule has 42 heavy (non-hydrogen) atoms. The van der Waals surface area contributed by atoms with Crippen molar-refractivity contribution >= 4 is 71.7 Å². The third-order valence-electron chi connectivity index (χ3n) is 9.24. The van der Waals surface area contributed by atoms with Gasteiger partial charge < -0.3 is 4.90 Å². The van der Waals surface area contributed by atoms with Crippen LogP contribution in [0.25, 0.3) is 42.4 Å². The van der Waals surface area contributed by atoms with Gasteiger partial charge in [-0.25, -0.2) is 0 Å². The van der Waals surface area contributed by atoms with Gasteiger partial charge in [0.15, 0.2) is 0 Å². The molecule has 0 saturated carbocycles. The number of rotatable bonds is 2. The van der Waals surface area contributed by atoms with Crippen LogP contribution in [0, 0.1) is 20.8 Å². The van der Waals surface area contributed by atoms with Crippen LogP contribution in [-0.2, 0) is 0 Å². The summed E-state index contributed by atoms with van der Waals surface area (Å²) in [5, 5.41) is 2.70. The van der Waals surface area contributed by atoms with E-state index in [2.05, 4.69) is 141 Å². The van der Waals surface area contributed by atoms with Crippen LogP contribution in [-0.4, -0.2) is 6.71 Å². The highest BCUT2D eigenvalue weighted by atomic mass is 32.1. The molecule has 0 bridgehead atoms. The summed E-state index contributed by atoms with van der Waals surface area (Å²) < 4.78 is 2.68. The quantitative estimate of drug-likeness (QED) is 0.193. The van der Waals surface area contributed by atoms with Crippen molar-refractivity contribution < 1.29 is 0 Å². The second kappa shape index (κ2) is 8.70. The number of fused-ring (bicyclic) bond motifs is 8. The van der Waals surface area contributed by atoms with E-state index in [-0.39, 0.29) is 6.71 Å². The van der Waals surface area contributed by atoms with E-state index in [4.69, 9.17) is 0 Å². The Bertz CT molecular complexity index is 2240. The molecule has 0 N–H and O–H groups in total. The van der Waals surface area contributed by atoms with Crippen LogP contribution in [0.3, 0.4) is 0 Å². The van der Waals surface area contributed by atoms with E-state index in [0.29, 0.717) is 0 Å². The normalized spacial score (nSPS) is 13.0. The molecule has 198 valence electrons. The van der Waals surface area contributed by atoms with Crippen LogP contribution in [0.15, 0.2) is 115 Å². The second-order valence-corrected chi connectivity index (χ2v) is 13.1. The van der Waals surface area contributed by atoms with Crippen LogP contribution in [0.5, 0.6) is 0 Å². The summed E-state index contributed by atoms with van der Waals surface area (Å²) in [6, 6.07) is 43.7. The van der Waals surface area contributed by atoms with Gasteiger partial charge in [0.05, 0.1) is 0 Å². The predicted octanol–water partition coefficient (Wildman–Crippen LogP) is 8.93. The molecule has 3 heterocycles. The Morgan fingerprint density at radius 2 is 1.29 bits per heavy atom. The molecule has 0 fully saturated rings. The van der Waals surface area contributed by atoms with E-state index in [1.807, 2.05) is 11.3 Å². The number of hydrogen-bond donors (Lipinski definition) is 0. The number of nitrogens with zero attached hydrogens (tertiary/aromatic N) is 1. The van der Waals surface area contributed by atoms with Crippen molar-refractivity contribution in [1.29, 1.82) is 0 Å². The highest BCUT2D eigenvalue weighted by Gasteiger charge is 2.42. The first-order valence-electron chi connectivity index (χ1n) is 14.7. The first-order valence-corrected chi connectivity index (χ1v) is 15.5. The van der Waals surface area contributed by atoms with Crippen molar-refractivity contribution in [2.45, 2.75) is 20.8 Å². The number of thiophene rings is 1.